The molecule has 1 aromatic rings. The van der Waals surface area contributed by atoms with E-state index in [0.717, 1.165) is 25.3 Å². The molecule has 2 aliphatic rings. The Morgan fingerprint density at radius 1 is 1.37 bits per heavy atom. The summed E-state index contributed by atoms with van der Waals surface area (Å²) in [5, 5.41) is 17.3. The molecule has 2 aliphatic heterocycles. The SMILES string of the molecule is CN1CCCC2CN(c3nnccc3C#N)CCC21. The monoisotopic (exact) mass is 257 g/mol. The molecule has 0 saturated carbocycles. The predicted octanol–water partition coefficient (Wildman–Crippen LogP) is 1.27. The van der Waals surface area contributed by atoms with Gasteiger partial charge in [-0.05, 0) is 44.8 Å². The molecular weight excluding hydrogens is 238 g/mol. The zero-order chi connectivity index (χ0) is 13.2. The summed E-state index contributed by atoms with van der Waals surface area (Å²) in [6.45, 7) is 3.19. The third-order valence-corrected chi connectivity index (χ3v) is 4.47. The van der Waals surface area contributed by atoms with Crippen LogP contribution in [0.3, 0.4) is 0 Å². The molecule has 19 heavy (non-hydrogen) atoms. The number of rotatable bonds is 1. The van der Waals surface area contributed by atoms with Crippen molar-refractivity contribution in [2.75, 3.05) is 31.6 Å². The molecule has 5 heteroatoms. The molecule has 0 aromatic carbocycles. The number of fused-ring (bicyclic) bond motifs is 1. The van der Waals surface area contributed by atoms with E-state index in [4.69, 9.17) is 0 Å². The summed E-state index contributed by atoms with van der Waals surface area (Å²) in [6, 6.07) is 4.67. The lowest BCUT2D eigenvalue weighted by Crippen LogP contribution is -2.53. The summed E-state index contributed by atoms with van der Waals surface area (Å²) in [4.78, 5) is 4.74. The molecule has 2 saturated heterocycles. The fourth-order valence-electron chi connectivity index (χ4n) is 3.49. The number of piperidine rings is 2. The number of anilines is 1. The Bertz CT molecular complexity index is 495. The van der Waals surface area contributed by atoms with Crippen molar-refractivity contribution >= 4 is 5.82 Å². The van der Waals surface area contributed by atoms with Gasteiger partial charge in [-0.1, -0.05) is 0 Å². The smallest absolute Gasteiger partial charge is 0.169 e. The molecule has 0 amide bonds. The van der Waals surface area contributed by atoms with Crippen molar-refractivity contribution in [2.45, 2.75) is 25.3 Å². The van der Waals surface area contributed by atoms with Crippen molar-refractivity contribution in [3.63, 3.8) is 0 Å². The van der Waals surface area contributed by atoms with E-state index >= 15 is 0 Å². The molecule has 0 N–H and O–H groups in total. The second-order valence-corrected chi connectivity index (χ2v) is 5.57. The van der Waals surface area contributed by atoms with E-state index in [1.165, 1.54) is 19.4 Å². The van der Waals surface area contributed by atoms with E-state index in [1.54, 1.807) is 12.3 Å². The summed E-state index contributed by atoms with van der Waals surface area (Å²) >= 11 is 0. The molecule has 100 valence electrons. The maximum absolute atomic E-state index is 9.17. The van der Waals surface area contributed by atoms with Gasteiger partial charge in [-0.15, -0.1) is 5.10 Å². The number of nitriles is 1. The maximum Gasteiger partial charge on any atom is 0.169 e. The van der Waals surface area contributed by atoms with Crippen molar-refractivity contribution in [1.82, 2.24) is 15.1 Å². The van der Waals surface area contributed by atoms with Crippen LogP contribution in [-0.4, -0.2) is 47.8 Å². The highest BCUT2D eigenvalue weighted by Crippen LogP contribution is 2.31. The molecule has 2 fully saturated rings. The Balaban J connectivity index is 1.79. The molecule has 2 unspecified atom stereocenters. The van der Waals surface area contributed by atoms with Crippen molar-refractivity contribution in [1.29, 1.82) is 5.26 Å². The molecule has 0 radical (unpaired) electrons. The summed E-state index contributed by atoms with van der Waals surface area (Å²) in [6.07, 6.45) is 5.30. The van der Waals surface area contributed by atoms with E-state index in [-0.39, 0.29) is 0 Å². The van der Waals surface area contributed by atoms with Crippen LogP contribution < -0.4 is 4.90 Å². The van der Waals surface area contributed by atoms with Gasteiger partial charge in [0.2, 0.25) is 0 Å². The topological polar surface area (TPSA) is 56.1 Å². The fourth-order valence-corrected chi connectivity index (χ4v) is 3.49. The standard InChI is InChI=1S/C14H19N5/c1-18-7-2-3-12-10-19(8-5-13(12)18)14-11(9-15)4-6-16-17-14/h4,6,12-13H,2-3,5,7-8,10H2,1H3. The highest BCUT2D eigenvalue weighted by molar-refractivity contribution is 5.52. The first kappa shape index (κ1) is 12.4. The number of hydrogen-bond donors (Lipinski definition) is 0. The third kappa shape index (κ3) is 2.28. The van der Waals surface area contributed by atoms with Gasteiger partial charge in [-0.2, -0.15) is 10.4 Å². The molecule has 3 heterocycles. The van der Waals surface area contributed by atoms with Crippen LogP contribution in [0.15, 0.2) is 12.3 Å². The lowest BCUT2D eigenvalue weighted by molar-refractivity contribution is 0.102. The average Bonchev–Trinajstić information content (AvgIpc) is 2.47. The minimum atomic E-state index is 0.637. The minimum absolute atomic E-state index is 0.637. The minimum Gasteiger partial charge on any atom is -0.354 e. The Morgan fingerprint density at radius 3 is 3.11 bits per heavy atom. The van der Waals surface area contributed by atoms with Crippen LogP contribution in [0.1, 0.15) is 24.8 Å². The molecule has 0 bridgehead atoms. The van der Waals surface area contributed by atoms with Crippen LogP contribution >= 0.6 is 0 Å². The van der Waals surface area contributed by atoms with E-state index < -0.39 is 0 Å². The fraction of sp³-hybridized carbons (Fsp3) is 0.643. The van der Waals surface area contributed by atoms with Gasteiger partial charge in [0.15, 0.2) is 5.82 Å². The largest absolute Gasteiger partial charge is 0.354 e. The number of aromatic nitrogens is 2. The van der Waals surface area contributed by atoms with Crippen LogP contribution in [0.2, 0.25) is 0 Å². The van der Waals surface area contributed by atoms with Crippen LogP contribution in [0.4, 0.5) is 5.82 Å². The van der Waals surface area contributed by atoms with Gasteiger partial charge in [0.1, 0.15) is 6.07 Å². The average molecular weight is 257 g/mol. The molecule has 2 atom stereocenters. The van der Waals surface area contributed by atoms with E-state index in [9.17, 15) is 5.26 Å². The number of hydrogen-bond acceptors (Lipinski definition) is 5. The molecule has 1 aromatic heterocycles. The van der Waals surface area contributed by atoms with Gasteiger partial charge >= 0.3 is 0 Å². The first-order valence-corrected chi connectivity index (χ1v) is 6.96. The Labute approximate surface area is 113 Å². The third-order valence-electron chi connectivity index (χ3n) is 4.47. The van der Waals surface area contributed by atoms with Gasteiger partial charge in [0.05, 0.1) is 11.8 Å². The lowest BCUT2D eigenvalue weighted by Gasteiger charge is -2.46. The summed E-state index contributed by atoms with van der Waals surface area (Å²) in [5.41, 5.74) is 0.637. The molecule has 3 rings (SSSR count). The summed E-state index contributed by atoms with van der Waals surface area (Å²) in [5.74, 6) is 1.46. The lowest BCUT2D eigenvalue weighted by atomic mass is 9.84. The Kier molecular flexibility index (Phi) is 3.34. The summed E-state index contributed by atoms with van der Waals surface area (Å²) in [7, 11) is 2.23. The van der Waals surface area contributed by atoms with E-state index in [2.05, 4.69) is 33.1 Å². The first-order valence-electron chi connectivity index (χ1n) is 6.96. The highest BCUT2D eigenvalue weighted by Gasteiger charge is 2.35. The molecule has 0 spiro atoms. The normalized spacial score (nSPS) is 27.7. The van der Waals surface area contributed by atoms with Gasteiger partial charge in [0.25, 0.3) is 0 Å². The van der Waals surface area contributed by atoms with Gasteiger partial charge < -0.3 is 9.80 Å². The maximum atomic E-state index is 9.17. The summed E-state index contributed by atoms with van der Waals surface area (Å²) < 4.78 is 0. The van der Waals surface area contributed by atoms with Crippen LogP contribution in [0, 0.1) is 17.2 Å². The zero-order valence-corrected chi connectivity index (χ0v) is 11.3. The van der Waals surface area contributed by atoms with Crippen LogP contribution in [-0.2, 0) is 0 Å². The molecular formula is C14H19N5. The second kappa shape index (κ2) is 5.14. The highest BCUT2D eigenvalue weighted by atomic mass is 15.3. The van der Waals surface area contributed by atoms with Crippen molar-refractivity contribution in [3.05, 3.63) is 17.8 Å². The zero-order valence-electron chi connectivity index (χ0n) is 11.3. The molecule has 0 aliphatic carbocycles. The Morgan fingerprint density at radius 2 is 2.26 bits per heavy atom. The van der Waals surface area contributed by atoms with Crippen LogP contribution in [0.25, 0.3) is 0 Å². The quantitative estimate of drug-likeness (QED) is 0.758. The number of likely N-dealkylation sites (tertiary alicyclic amines) is 1. The van der Waals surface area contributed by atoms with Crippen LogP contribution in [0.5, 0.6) is 0 Å². The van der Waals surface area contributed by atoms with Crippen molar-refractivity contribution in [3.8, 4) is 6.07 Å². The van der Waals surface area contributed by atoms with Crippen molar-refractivity contribution in [2.24, 2.45) is 5.92 Å². The first-order chi connectivity index (χ1) is 9.29. The van der Waals surface area contributed by atoms with Gasteiger partial charge in [-0.3, -0.25) is 0 Å². The van der Waals surface area contributed by atoms with Gasteiger partial charge in [0, 0.05) is 19.1 Å². The van der Waals surface area contributed by atoms with E-state index in [0.29, 0.717) is 17.5 Å². The van der Waals surface area contributed by atoms with Gasteiger partial charge in [-0.25, -0.2) is 0 Å². The second-order valence-electron chi connectivity index (χ2n) is 5.57. The predicted molar refractivity (Wildman–Crippen MR) is 72.7 cm³/mol. The van der Waals surface area contributed by atoms with Crippen molar-refractivity contribution < 1.29 is 0 Å². The Hall–Kier alpha value is -1.67. The van der Waals surface area contributed by atoms with E-state index in [1.807, 2.05) is 0 Å². The number of nitrogens with zero attached hydrogens (tertiary/aromatic N) is 5. The molecule has 5 nitrogen and oxygen atoms in total.